The van der Waals surface area contributed by atoms with Gasteiger partial charge in [0.1, 0.15) is 0 Å². The molecular formula is C25H29N3O3. The number of carbonyl (C=O) groups is 1. The van der Waals surface area contributed by atoms with Crippen LogP contribution >= 0.6 is 0 Å². The molecule has 0 bridgehead atoms. The van der Waals surface area contributed by atoms with Gasteiger partial charge < -0.3 is 14.4 Å². The highest BCUT2D eigenvalue weighted by Crippen LogP contribution is 2.37. The highest BCUT2D eigenvalue weighted by Gasteiger charge is 2.31. The number of nitrogens with zero attached hydrogens (tertiary/aromatic N) is 3. The molecule has 0 saturated carbocycles. The third-order valence-corrected chi connectivity index (χ3v) is 6.14. The van der Waals surface area contributed by atoms with Crippen LogP contribution in [-0.4, -0.2) is 41.4 Å². The number of benzene rings is 2. The fourth-order valence-electron chi connectivity index (χ4n) is 4.48. The number of aryl methyl sites for hydroxylation is 1. The Balaban J connectivity index is 1.57. The molecule has 0 radical (unpaired) electrons. The van der Waals surface area contributed by atoms with Crippen LogP contribution in [0.1, 0.15) is 41.4 Å². The zero-order valence-electron chi connectivity index (χ0n) is 18.6. The van der Waals surface area contributed by atoms with Gasteiger partial charge in [-0.05, 0) is 56.5 Å². The van der Waals surface area contributed by atoms with Crippen molar-refractivity contribution in [3.05, 3.63) is 71.0 Å². The van der Waals surface area contributed by atoms with Crippen molar-refractivity contribution in [3.8, 4) is 17.2 Å². The van der Waals surface area contributed by atoms with E-state index >= 15 is 0 Å². The second-order valence-electron chi connectivity index (χ2n) is 7.93. The molecule has 1 aliphatic rings. The monoisotopic (exact) mass is 419 g/mol. The molecule has 3 aromatic rings. The van der Waals surface area contributed by atoms with E-state index in [1.807, 2.05) is 72.0 Å². The standard InChI is InChI=1S/C25H29N3O3/c1-17-21(18(2)28(26-17)20-9-6-5-7-10-20)16-25(29)27-14-8-11-22(27)19-12-13-23(30-3)24(15-19)31-4/h5-7,9-10,12-13,15,22H,8,11,14,16H2,1-4H3. The molecule has 6 heteroatoms. The lowest BCUT2D eigenvalue weighted by Gasteiger charge is -2.26. The molecule has 4 rings (SSSR count). The number of amides is 1. The summed E-state index contributed by atoms with van der Waals surface area (Å²) < 4.78 is 12.7. The van der Waals surface area contributed by atoms with Crippen molar-refractivity contribution < 1.29 is 14.3 Å². The molecule has 0 spiro atoms. The molecule has 1 aliphatic heterocycles. The van der Waals surface area contributed by atoms with E-state index in [-0.39, 0.29) is 11.9 Å². The number of para-hydroxylation sites is 1. The van der Waals surface area contributed by atoms with Gasteiger partial charge in [-0.1, -0.05) is 24.3 Å². The summed E-state index contributed by atoms with van der Waals surface area (Å²) in [5, 5.41) is 4.69. The molecule has 1 unspecified atom stereocenters. The maximum Gasteiger partial charge on any atom is 0.227 e. The minimum absolute atomic E-state index is 0.0529. The van der Waals surface area contributed by atoms with Gasteiger partial charge in [0.2, 0.25) is 5.91 Å². The SMILES string of the molecule is COc1ccc(C2CCCN2C(=O)Cc2c(C)nn(-c3ccccc3)c2C)cc1OC. The number of aromatic nitrogens is 2. The molecule has 162 valence electrons. The number of ether oxygens (including phenoxy) is 2. The smallest absolute Gasteiger partial charge is 0.227 e. The summed E-state index contributed by atoms with van der Waals surface area (Å²) in [7, 11) is 3.26. The first-order valence-corrected chi connectivity index (χ1v) is 10.7. The van der Waals surface area contributed by atoms with Gasteiger partial charge in [0, 0.05) is 17.8 Å². The Bertz CT molecular complexity index is 1080. The second kappa shape index (κ2) is 8.84. The first kappa shape index (κ1) is 21.0. The summed E-state index contributed by atoms with van der Waals surface area (Å²) in [5.41, 5.74) is 5.00. The highest BCUT2D eigenvalue weighted by atomic mass is 16.5. The molecule has 1 atom stereocenters. The van der Waals surface area contributed by atoms with Crippen LogP contribution in [0, 0.1) is 13.8 Å². The van der Waals surface area contributed by atoms with E-state index in [9.17, 15) is 4.79 Å². The van der Waals surface area contributed by atoms with E-state index in [0.29, 0.717) is 17.9 Å². The molecular weight excluding hydrogens is 390 g/mol. The van der Waals surface area contributed by atoms with Crippen molar-refractivity contribution in [3.63, 3.8) is 0 Å². The summed E-state index contributed by atoms with van der Waals surface area (Å²) in [4.78, 5) is 15.4. The van der Waals surface area contributed by atoms with Crippen LogP contribution in [0.3, 0.4) is 0 Å². The third kappa shape index (κ3) is 4.02. The lowest BCUT2D eigenvalue weighted by Crippen LogP contribution is -2.32. The summed E-state index contributed by atoms with van der Waals surface area (Å²) >= 11 is 0. The zero-order valence-corrected chi connectivity index (χ0v) is 18.6. The van der Waals surface area contributed by atoms with Gasteiger partial charge in [0.15, 0.2) is 11.5 Å². The van der Waals surface area contributed by atoms with E-state index in [2.05, 4.69) is 0 Å². The average Bonchev–Trinajstić information content (AvgIpc) is 3.40. The number of rotatable bonds is 6. The van der Waals surface area contributed by atoms with E-state index < -0.39 is 0 Å². The normalized spacial score (nSPS) is 15.9. The van der Waals surface area contributed by atoms with Crippen molar-refractivity contribution in [2.75, 3.05) is 20.8 Å². The first-order valence-electron chi connectivity index (χ1n) is 10.7. The number of carbonyl (C=O) groups excluding carboxylic acids is 1. The number of hydrogen-bond donors (Lipinski definition) is 0. The van der Waals surface area contributed by atoms with Crippen LogP contribution in [0.5, 0.6) is 11.5 Å². The molecule has 2 heterocycles. The quantitative estimate of drug-likeness (QED) is 0.594. The minimum atomic E-state index is 0.0529. The summed E-state index contributed by atoms with van der Waals surface area (Å²) in [5.74, 6) is 1.52. The molecule has 6 nitrogen and oxygen atoms in total. The largest absolute Gasteiger partial charge is 0.493 e. The number of methoxy groups -OCH3 is 2. The lowest BCUT2D eigenvalue weighted by molar-refractivity contribution is -0.131. The van der Waals surface area contributed by atoms with Crippen LogP contribution in [0.25, 0.3) is 5.69 Å². The molecule has 31 heavy (non-hydrogen) atoms. The van der Waals surface area contributed by atoms with Gasteiger partial charge in [0.05, 0.1) is 38.1 Å². The maximum atomic E-state index is 13.4. The Hall–Kier alpha value is -3.28. The molecule has 2 aromatic carbocycles. The topological polar surface area (TPSA) is 56.6 Å². The zero-order chi connectivity index (χ0) is 22.0. The summed E-state index contributed by atoms with van der Waals surface area (Å²) in [6.07, 6.45) is 2.29. The van der Waals surface area contributed by atoms with E-state index in [1.54, 1.807) is 14.2 Å². The first-order chi connectivity index (χ1) is 15.0. The van der Waals surface area contributed by atoms with Gasteiger partial charge in [0.25, 0.3) is 0 Å². The van der Waals surface area contributed by atoms with Crippen molar-refractivity contribution in [2.45, 2.75) is 39.2 Å². The van der Waals surface area contributed by atoms with Crippen molar-refractivity contribution in [2.24, 2.45) is 0 Å². The Labute approximate surface area is 183 Å². The molecule has 1 aromatic heterocycles. The van der Waals surface area contributed by atoms with Crippen molar-refractivity contribution >= 4 is 5.91 Å². The molecule has 0 aliphatic carbocycles. The van der Waals surface area contributed by atoms with Crippen LogP contribution < -0.4 is 9.47 Å². The molecule has 0 N–H and O–H groups in total. The fraction of sp³-hybridized carbons (Fsp3) is 0.360. The van der Waals surface area contributed by atoms with Crippen molar-refractivity contribution in [1.82, 2.24) is 14.7 Å². The second-order valence-corrected chi connectivity index (χ2v) is 7.93. The van der Waals surface area contributed by atoms with Gasteiger partial charge >= 0.3 is 0 Å². The summed E-state index contributed by atoms with van der Waals surface area (Å²) in [6, 6.07) is 16.0. The summed E-state index contributed by atoms with van der Waals surface area (Å²) in [6.45, 7) is 4.78. The Morgan fingerprint density at radius 3 is 2.52 bits per heavy atom. The fourth-order valence-corrected chi connectivity index (χ4v) is 4.48. The van der Waals surface area contributed by atoms with Crippen LogP contribution in [0.2, 0.25) is 0 Å². The minimum Gasteiger partial charge on any atom is -0.493 e. The van der Waals surface area contributed by atoms with E-state index in [1.165, 1.54) is 0 Å². The highest BCUT2D eigenvalue weighted by molar-refractivity contribution is 5.80. The van der Waals surface area contributed by atoms with Gasteiger partial charge in [-0.25, -0.2) is 4.68 Å². The van der Waals surface area contributed by atoms with E-state index in [0.717, 1.165) is 47.6 Å². The maximum absolute atomic E-state index is 13.4. The average molecular weight is 420 g/mol. The Kier molecular flexibility index (Phi) is 5.98. The van der Waals surface area contributed by atoms with Crippen LogP contribution in [-0.2, 0) is 11.2 Å². The number of hydrogen-bond acceptors (Lipinski definition) is 4. The van der Waals surface area contributed by atoms with Gasteiger partial charge in [-0.15, -0.1) is 0 Å². The molecule has 1 amide bonds. The van der Waals surface area contributed by atoms with Crippen molar-refractivity contribution in [1.29, 1.82) is 0 Å². The van der Waals surface area contributed by atoms with E-state index in [4.69, 9.17) is 14.6 Å². The third-order valence-electron chi connectivity index (χ3n) is 6.14. The molecule has 1 saturated heterocycles. The Morgan fingerprint density at radius 1 is 1.06 bits per heavy atom. The lowest BCUT2D eigenvalue weighted by atomic mass is 10.0. The van der Waals surface area contributed by atoms with Crippen LogP contribution in [0.15, 0.2) is 48.5 Å². The van der Waals surface area contributed by atoms with Crippen LogP contribution in [0.4, 0.5) is 0 Å². The predicted molar refractivity (Wildman–Crippen MR) is 120 cm³/mol. The molecule has 1 fully saturated rings. The number of likely N-dealkylation sites (tertiary alicyclic amines) is 1. The van der Waals surface area contributed by atoms with Gasteiger partial charge in [-0.2, -0.15) is 5.10 Å². The predicted octanol–water partition coefficient (Wildman–Crippen LogP) is 4.41. The Morgan fingerprint density at radius 2 is 1.81 bits per heavy atom. The van der Waals surface area contributed by atoms with Gasteiger partial charge in [-0.3, -0.25) is 4.79 Å².